The predicted molar refractivity (Wildman–Crippen MR) is 116 cm³/mol. The van der Waals surface area contributed by atoms with Crippen LogP contribution in [0.25, 0.3) is 5.69 Å². The number of rotatable bonds is 6. The van der Waals surface area contributed by atoms with Crippen molar-refractivity contribution in [2.24, 2.45) is 4.99 Å². The van der Waals surface area contributed by atoms with Gasteiger partial charge in [0, 0.05) is 29.8 Å². The first kappa shape index (κ1) is 20.4. The van der Waals surface area contributed by atoms with Crippen LogP contribution >= 0.6 is 15.9 Å². The second kappa shape index (κ2) is 8.89. The molecule has 1 aliphatic rings. The van der Waals surface area contributed by atoms with Crippen LogP contribution in [0.5, 0.6) is 0 Å². The van der Waals surface area contributed by atoms with Crippen molar-refractivity contribution in [3.63, 3.8) is 0 Å². The highest BCUT2D eigenvalue weighted by Crippen LogP contribution is 2.35. The van der Waals surface area contributed by atoms with Crippen molar-refractivity contribution in [1.29, 1.82) is 0 Å². The second-order valence-electron chi connectivity index (χ2n) is 6.86. The molecule has 3 aromatic rings. The molecule has 0 amide bonds. The number of benzene rings is 1. The lowest BCUT2D eigenvalue weighted by atomic mass is 10.0. The molecule has 8 heteroatoms. The van der Waals surface area contributed by atoms with Crippen LogP contribution in [-0.2, 0) is 20.9 Å². The molecule has 0 bridgehead atoms. The number of aliphatic imine (C=N–C) groups is 1. The highest BCUT2D eigenvalue weighted by atomic mass is 79.9. The van der Waals surface area contributed by atoms with Gasteiger partial charge in [-0.2, -0.15) is 0 Å². The molecule has 0 spiro atoms. The molecule has 0 fully saturated rings. The van der Waals surface area contributed by atoms with E-state index in [9.17, 15) is 4.79 Å². The molecule has 0 saturated heterocycles. The Hall–Kier alpha value is -2.84. The summed E-state index contributed by atoms with van der Waals surface area (Å²) < 4.78 is 13.3. The summed E-state index contributed by atoms with van der Waals surface area (Å²) in [4.78, 5) is 26.1. The van der Waals surface area contributed by atoms with Gasteiger partial charge in [-0.25, -0.2) is 4.98 Å². The highest BCUT2D eigenvalue weighted by Gasteiger charge is 2.29. The SMILES string of the molecule is COCc1cnc2n1-c1ccc(Br)cc1C(c1ccccn1)=NC2CCC(=O)OC. The zero-order chi connectivity index (χ0) is 21.1. The van der Waals surface area contributed by atoms with Crippen molar-refractivity contribution in [2.75, 3.05) is 14.2 Å². The van der Waals surface area contributed by atoms with Gasteiger partial charge < -0.3 is 9.47 Å². The zero-order valence-corrected chi connectivity index (χ0v) is 18.3. The van der Waals surface area contributed by atoms with E-state index in [1.54, 1.807) is 19.5 Å². The molecular formula is C22H21BrN4O3. The van der Waals surface area contributed by atoms with Crippen LogP contribution in [0.2, 0.25) is 0 Å². The Morgan fingerprint density at radius 3 is 2.80 bits per heavy atom. The summed E-state index contributed by atoms with van der Waals surface area (Å²) >= 11 is 3.58. The summed E-state index contributed by atoms with van der Waals surface area (Å²) in [6, 6.07) is 11.5. The van der Waals surface area contributed by atoms with Crippen LogP contribution in [0.3, 0.4) is 0 Å². The van der Waals surface area contributed by atoms with E-state index in [0.29, 0.717) is 13.0 Å². The van der Waals surface area contributed by atoms with Crippen LogP contribution < -0.4 is 0 Å². The Kier molecular flexibility index (Phi) is 6.06. The molecule has 4 rings (SSSR count). The number of hydrogen-bond acceptors (Lipinski definition) is 6. The number of carbonyl (C=O) groups excluding carboxylic acids is 1. The van der Waals surface area contributed by atoms with E-state index in [1.165, 1.54) is 7.11 Å². The van der Waals surface area contributed by atoms with Gasteiger partial charge in [-0.15, -0.1) is 0 Å². The number of carbonyl (C=O) groups is 1. The van der Waals surface area contributed by atoms with E-state index in [1.807, 2.05) is 36.4 Å². The number of pyridine rings is 1. The van der Waals surface area contributed by atoms with Gasteiger partial charge in [0.25, 0.3) is 0 Å². The van der Waals surface area contributed by atoms with Gasteiger partial charge in [-0.1, -0.05) is 22.0 Å². The number of fused-ring (bicyclic) bond motifs is 3. The number of halogens is 1. The molecule has 30 heavy (non-hydrogen) atoms. The second-order valence-corrected chi connectivity index (χ2v) is 7.78. The number of ether oxygens (including phenoxy) is 2. The van der Waals surface area contributed by atoms with Crippen molar-refractivity contribution in [2.45, 2.75) is 25.5 Å². The Morgan fingerprint density at radius 2 is 2.07 bits per heavy atom. The van der Waals surface area contributed by atoms with Gasteiger partial charge in [0.2, 0.25) is 0 Å². The first-order valence-corrected chi connectivity index (χ1v) is 10.3. The normalized spacial score (nSPS) is 15.0. The van der Waals surface area contributed by atoms with Crippen molar-refractivity contribution in [3.8, 4) is 5.69 Å². The molecular weight excluding hydrogens is 448 g/mol. The zero-order valence-electron chi connectivity index (χ0n) is 16.7. The maximum absolute atomic E-state index is 11.8. The Balaban J connectivity index is 1.93. The Labute approximate surface area is 182 Å². The topological polar surface area (TPSA) is 78.6 Å². The fourth-order valence-corrected chi connectivity index (χ4v) is 3.96. The monoisotopic (exact) mass is 468 g/mol. The van der Waals surface area contributed by atoms with Crippen molar-refractivity contribution in [3.05, 3.63) is 76.0 Å². The Bertz CT molecular complexity index is 1100. The summed E-state index contributed by atoms with van der Waals surface area (Å²) in [5.41, 5.74) is 4.31. The molecule has 0 radical (unpaired) electrons. The third-order valence-corrected chi connectivity index (χ3v) is 5.44. The average Bonchev–Trinajstić information content (AvgIpc) is 3.12. The average molecular weight is 469 g/mol. The number of hydrogen-bond donors (Lipinski definition) is 0. The molecule has 1 unspecified atom stereocenters. The summed E-state index contributed by atoms with van der Waals surface area (Å²) in [5.74, 6) is 0.491. The lowest BCUT2D eigenvalue weighted by Gasteiger charge is -2.15. The van der Waals surface area contributed by atoms with Gasteiger partial charge in [-0.05, 0) is 36.8 Å². The van der Waals surface area contributed by atoms with Crippen molar-refractivity contribution in [1.82, 2.24) is 14.5 Å². The fourth-order valence-electron chi connectivity index (χ4n) is 3.60. The van der Waals surface area contributed by atoms with Crippen LogP contribution in [-0.4, -0.2) is 40.4 Å². The summed E-state index contributed by atoms with van der Waals surface area (Å²) in [6.07, 6.45) is 4.27. The molecule has 0 N–H and O–H groups in total. The van der Waals surface area contributed by atoms with E-state index in [4.69, 9.17) is 14.5 Å². The molecule has 3 heterocycles. The van der Waals surface area contributed by atoms with E-state index in [-0.39, 0.29) is 18.4 Å². The summed E-state index contributed by atoms with van der Waals surface area (Å²) in [7, 11) is 3.05. The maximum atomic E-state index is 11.8. The summed E-state index contributed by atoms with van der Waals surface area (Å²) in [5, 5.41) is 0. The number of nitrogens with zero attached hydrogens (tertiary/aromatic N) is 4. The van der Waals surface area contributed by atoms with Crippen LogP contribution in [0.15, 0.2) is 58.3 Å². The first-order chi connectivity index (χ1) is 14.6. The standard InChI is InChI=1S/C22H21BrN4O3/c1-29-13-15-12-25-22-18(7-9-20(28)30-2)26-21(17-5-3-4-10-24-17)16-11-14(23)6-8-19(16)27(15)22/h3-6,8,10-12,18H,7,9,13H2,1-2H3. The minimum atomic E-state index is -0.335. The van der Waals surface area contributed by atoms with Crippen molar-refractivity contribution >= 4 is 27.6 Å². The molecule has 0 saturated carbocycles. The third kappa shape index (κ3) is 3.93. The minimum absolute atomic E-state index is 0.243. The number of esters is 1. The lowest BCUT2D eigenvalue weighted by molar-refractivity contribution is -0.140. The largest absolute Gasteiger partial charge is 0.469 e. The lowest BCUT2D eigenvalue weighted by Crippen LogP contribution is -2.10. The van der Waals surface area contributed by atoms with E-state index in [0.717, 1.165) is 38.6 Å². The smallest absolute Gasteiger partial charge is 0.305 e. The highest BCUT2D eigenvalue weighted by molar-refractivity contribution is 9.10. The van der Waals surface area contributed by atoms with Gasteiger partial charge in [0.05, 0.1) is 42.7 Å². The van der Waals surface area contributed by atoms with E-state index < -0.39 is 0 Å². The summed E-state index contributed by atoms with van der Waals surface area (Å²) in [6.45, 7) is 0.408. The first-order valence-electron chi connectivity index (χ1n) is 9.54. The number of imidazole rings is 1. The Morgan fingerprint density at radius 1 is 1.20 bits per heavy atom. The maximum Gasteiger partial charge on any atom is 0.305 e. The molecule has 154 valence electrons. The van der Waals surface area contributed by atoms with Crippen LogP contribution in [0.4, 0.5) is 0 Å². The molecule has 1 aromatic carbocycles. The molecule has 1 aliphatic heterocycles. The van der Waals surface area contributed by atoms with Crippen molar-refractivity contribution < 1.29 is 14.3 Å². The molecule has 0 aliphatic carbocycles. The van der Waals surface area contributed by atoms with E-state index in [2.05, 4.69) is 30.5 Å². The van der Waals surface area contributed by atoms with Gasteiger partial charge in [0.15, 0.2) is 0 Å². The molecule has 7 nitrogen and oxygen atoms in total. The van der Waals surface area contributed by atoms with E-state index >= 15 is 0 Å². The predicted octanol–water partition coefficient (Wildman–Crippen LogP) is 4.02. The van der Waals surface area contributed by atoms with Gasteiger partial charge in [-0.3, -0.25) is 19.3 Å². The minimum Gasteiger partial charge on any atom is -0.469 e. The van der Waals surface area contributed by atoms with Gasteiger partial charge >= 0.3 is 5.97 Å². The number of methoxy groups -OCH3 is 2. The van der Waals surface area contributed by atoms with Crippen LogP contribution in [0, 0.1) is 0 Å². The third-order valence-electron chi connectivity index (χ3n) is 4.95. The van der Waals surface area contributed by atoms with Crippen LogP contribution in [0.1, 0.15) is 41.7 Å². The fraction of sp³-hybridized carbons (Fsp3) is 0.273. The number of aromatic nitrogens is 3. The quantitative estimate of drug-likeness (QED) is 0.510. The van der Waals surface area contributed by atoms with Gasteiger partial charge in [0.1, 0.15) is 11.9 Å². The molecule has 1 atom stereocenters. The molecule has 2 aromatic heterocycles.